The van der Waals surface area contributed by atoms with Gasteiger partial charge in [0.15, 0.2) is 0 Å². The van der Waals surface area contributed by atoms with Gasteiger partial charge in [-0.1, -0.05) is 15.9 Å². The Bertz CT molecular complexity index is 464. The zero-order chi connectivity index (χ0) is 13.7. The van der Waals surface area contributed by atoms with Crippen molar-refractivity contribution in [3.8, 4) is 0 Å². The number of carbonyl (C=O) groups excluding carboxylic acids is 1. The highest BCUT2D eigenvalue weighted by Crippen LogP contribution is 2.20. The first-order valence-corrected chi connectivity index (χ1v) is 5.90. The fourth-order valence-corrected chi connectivity index (χ4v) is 1.75. The van der Waals surface area contributed by atoms with Gasteiger partial charge in [0.05, 0.1) is 12.2 Å². The second kappa shape index (κ2) is 6.36. The molecule has 98 valence electrons. The molecule has 2 amide bonds. The minimum atomic E-state index is -1.07. The molecular formula is C11H13BrN2O4. The van der Waals surface area contributed by atoms with Crippen LogP contribution in [0.2, 0.25) is 0 Å². The van der Waals surface area contributed by atoms with Crippen LogP contribution in [0.1, 0.15) is 10.4 Å². The fraction of sp³-hybridized carbons (Fsp3) is 0.273. The lowest BCUT2D eigenvalue weighted by molar-refractivity contribution is 0.0697. The number of rotatable bonds is 4. The van der Waals surface area contributed by atoms with E-state index in [0.29, 0.717) is 10.2 Å². The number of aliphatic hydroxyl groups is 1. The maximum Gasteiger partial charge on any atom is 0.335 e. The Balaban J connectivity index is 2.84. The van der Waals surface area contributed by atoms with E-state index in [1.807, 2.05) is 0 Å². The van der Waals surface area contributed by atoms with Gasteiger partial charge in [-0.05, 0) is 18.2 Å². The zero-order valence-corrected chi connectivity index (χ0v) is 11.3. The normalized spacial score (nSPS) is 9.94. The Labute approximate surface area is 112 Å². The number of hydrogen-bond donors (Lipinski definition) is 3. The van der Waals surface area contributed by atoms with Gasteiger partial charge in [0.1, 0.15) is 0 Å². The minimum Gasteiger partial charge on any atom is -0.478 e. The van der Waals surface area contributed by atoms with Crippen LogP contribution in [0.3, 0.4) is 0 Å². The molecule has 0 aliphatic rings. The number of carboxylic acids is 1. The van der Waals surface area contributed by atoms with Crippen LogP contribution in [-0.4, -0.2) is 47.3 Å². The molecule has 1 aromatic rings. The summed E-state index contributed by atoms with van der Waals surface area (Å²) in [6.07, 6.45) is 0. The Morgan fingerprint density at radius 3 is 2.61 bits per heavy atom. The predicted octanol–water partition coefficient (Wildman–Crippen LogP) is 1.60. The van der Waals surface area contributed by atoms with E-state index >= 15 is 0 Å². The van der Waals surface area contributed by atoms with Crippen molar-refractivity contribution in [1.82, 2.24) is 4.90 Å². The quantitative estimate of drug-likeness (QED) is 0.787. The van der Waals surface area contributed by atoms with Gasteiger partial charge in [-0.25, -0.2) is 9.59 Å². The number of hydrogen-bond acceptors (Lipinski definition) is 3. The Morgan fingerprint density at radius 2 is 2.06 bits per heavy atom. The molecule has 0 aliphatic carbocycles. The number of nitrogens with one attached hydrogen (secondary N) is 1. The van der Waals surface area contributed by atoms with Crippen molar-refractivity contribution in [2.45, 2.75) is 0 Å². The maximum atomic E-state index is 11.6. The molecule has 0 aromatic heterocycles. The van der Waals surface area contributed by atoms with E-state index in [4.69, 9.17) is 10.2 Å². The van der Waals surface area contributed by atoms with Crippen LogP contribution in [0.25, 0.3) is 0 Å². The molecule has 18 heavy (non-hydrogen) atoms. The first-order valence-electron chi connectivity index (χ1n) is 5.11. The number of amides is 2. The first kappa shape index (κ1) is 14.5. The fourth-order valence-electron chi connectivity index (χ4n) is 1.26. The van der Waals surface area contributed by atoms with Gasteiger partial charge in [0.25, 0.3) is 0 Å². The maximum absolute atomic E-state index is 11.6. The van der Waals surface area contributed by atoms with Crippen molar-refractivity contribution in [3.05, 3.63) is 28.2 Å². The van der Waals surface area contributed by atoms with Gasteiger partial charge in [-0.2, -0.15) is 0 Å². The van der Waals surface area contributed by atoms with Crippen LogP contribution in [0.15, 0.2) is 22.7 Å². The number of likely N-dealkylation sites (N-methyl/N-ethyl adjacent to an activating group) is 1. The average Bonchev–Trinajstić information content (AvgIpc) is 2.28. The second-order valence-corrected chi connectivity index (χ2v) is 4.52. The molecule has 1 aromatic carbocycles. The predicted molar refractivity (Wildman–Crippen MR) is 69.8 cm³/mol. The van der Waals surface area contributed by atoms with Gasteiger partial charge in [-0.15, -0.1) is 0 Å². The monoisotopic (exact) mass is 316 g/mol. The summed E-state index contributed by atoms with van der Waals surface area (Å²) in [4.78, 5) is 23.8. The Kier molecular flexibility index (Phi) is 5.11. The van der Waals surface area contributed by atoms with E-state index in [2.05, 4.69) is 21.2 Å². The van der Waals surface area contributed by atoms with Gasteiger partial charge < -0.3 is 20.4 Å². The van der Waals surface area contributed by atoms with Crippen molar-refractivity contribution < 1.29 is 19.8 Å². The summed E-state index contributed by atoms with van der Waals surface area (Å²) in [7, 11) is 1.53. The number of nitrogens with zero attached hydrogens (tertiary/aromatic N) is 1. The summed E-state index contributed by atoms with van der Waals surface area (Å²) < 4.78 is 0.558. The van der Waals surface area contributed by atoms with Crippen LogP contribution < -0.4 is 5.32 Å². The first-order chi connectivity index (χ1) is 8.43. The number of carboxylic acid groups (broad SMARTS) is 1. The number of carbonyl (C=O) groups is 2. The topological polar surface area (TPSA) is 89.9 Å². The van der Waals surface area contributed by atoms with E-state index in [1.54, 1.807) is 6.07 Å². The van der Waals surface area contributed by atoms with E-state index in [-0.39, 0.29) is 18.7 Å². The van der Waals surface area contributed by atoms with E-state index in [9.17, 15) is 9.59 Å². The third-order valence-corrected chi connectivity index (χ3v) is 2.64. The third kappa shape index (κ3) is 4.01. The lowest BCUT2D eigenvalue weighted by Crippen LogP contribution is -2.33. The molecule has 0 atom stereocenters. The number of aliphatic hydroxyl groups excluding tert-OH is 1. The van der Waals surface area contributed by atoms with Gasteiger partial charge >= 0.3 is 12.0 Å². The summed E-state index contributed by atoms with van der Waals surface area (Å²) >= 11 is 3.17. The van der Waals surface area contributed by atoms with Crippen molar-refractivity contribution in [1.29, 1.82) is 0 Å². The van der Waals surface area contributed by atoms with Crippen LogP contribution in [0, 0.1) is 0 Å². The Morgan fingerprint density at radius 1 is 1.39 bits per heavy atom. The zero-order valence-electron chi connectivity index (χ0n) is 9.68. The highest BCUT2D eigenvalue weighted by Gasteiger charge is 2.11. The van der Waals surface area contributed by atoms with Crippen molar-refractivity contribution in [2.24, 2.45) is 0 Å². The van der Waals surface area contributed by atoms with Crippen LogP contribution in [0.4, 0.5) is 10.5 Å². The van der Waals surface area contributed by atoms with Crippen molar-refractivity contribution in [2.75, 3.05) is 25.5 Å². The smallest absolute Gasteiger partial charge is 0.335 e. The largest absolute Gasteiger partial charge is 0.478 e. The van der Waals surface area contributed by atoms with Gasteiger partial charge in [-0.3, -0.25) is 0 Å². The van der Waals surface area contributed by atoms with Gasteiger partial charge in [0, 0.05) is 23.8 Å². The molecule has 0 fully saturated rings. The molecule has 0 saturated carbocycles. The van der Waals surface area contributed by atoms with Crippen LogP contribution in [0.5, 0.6) is 0 Å². The number of benzene rings is 1. The summed E-state index contributed by atoms with van der Waals surface area (Å²) in [5, 5.41) is 20.1. The molecule has 1 rings (SSSR count). The molecule has 0 aliphatic heterocycles. The lowest BCUT2D eigenvalue weighted by Gasteiger charge is -2.16. The number of urea groups is 1. The summed E-state index contributed by atoms with van der Waals surface area (Å²) in [5.74, 6) is -1.07. The summed E-state index contributed by atoms with van der Waals surface area (Å²) in [6.45, 7) is 0.0639. The Hall–Kier alpha value is -1.60. The number of halogens is 1. The molecule has 0 radical (unpaired) electrons. The number of anilines is 1. The molecule has 6 nitrogen and oxygen atoms in total. The molecule has 0 saturated heterocycles. The van der Waals surface area contributed by atoms with Crippen molar-refractivity contribution in [3.63, 3.8) is 0 Å². The van der Waals surface area contributed by atoms with Crippen LogP contribution in [-0.2, 0) is 0 Å². The van der Waals surface area contributed by atoms with E-state index in [0.717, 1.165) is 0 Å². The SMILES string of the molecule is CN(CCO)C(=O)Nc1cc(Br)cc(C(=O)O)c1. The molecule has 7 heteroatoms. The standard InChI is InChI=1S/C11H13BrN2O4/c1-14(2-3-15)11(18)13-9-5-7(10(16)17)4-8(12)6-9/h4-6,15H,2-3H2,1H3,(H,13,18)(H,16,17). The average molecular weight is 317 g/mol. The van der Waals surface area contributed by atoms with Gasteiger partial charge in [0.2, 0.25) is 0 Å². The summed E-state index contributed by atoms with van der Waals surface area (Å²) in [5.41, 5.74) is 0.445. The molecule has 0 bridgehead atoms. The number of aromatic carboxylic acids is 1. The molecular weight excluding hydrogens is 304 g/mol. The highest BCUT2D eigenvalue weighted by atomic mass is 79.9. The summed E-state index contributed by atoms with van der Waals surface area (Å²) in [6, 6.07) is 3.98. The molecule has 0 spiro atoms. The van der Waals surface area contributed by atoms with E-state index < -0.39 is 12.0 Å². The highest BCUT2D eigenvalue weighted by molar-refractivity contribution is 9.10. The third-order valence-electron chi connectivity index (χ3n) is 2.18. The molecule has 3 N–H and O–H groups in total. The minimum absolute atomic E-state index is 0.0736. The molecule has 0 heterocycles. The van der Waals surface area contributed by atoms with Crippen molar-refractivity contribution >= 4 is 33.6 Å². The lowest BCUT2D eigenvalue weighted by atomic mass is 10.2. The van der Waals surface area contributed by atoms with E-state index in [1.165, 1.54) is 24.1 Å². The molecule has 0 unspecified atom stereocenters. The second-order valence-electron chi connectivity index (χ2n) is 3.61. The van der Waals surface area contributed by atoms with Crippen LogP contribution >= 0.6 is 15.9 Å².